The molecule has 2 rings (SSSR count). The number of carbonyl (C=O) groups is 1. The third-order valence-electron chi connectivity index (χ3n) is 2.60. The predicted octanol–water partition coefficient (Wildman–Crippen LogP) is 2.11. The lowest BCUT2D eigenvalue weighted by molar-refractivity contribution is -0.145. The van der Waals surface area contributed by atoms with Crippen LogP contribution in [0.1, 0.15) is 31.2 Å². The van der Waals surface area contributed by atoms with Gasteiger partial charge in [-0.2, -0.15) is 4.98 Å². The summed E-state index contributed by atoms with van der Waals surface area (Å²) in [6.45, 7) is 5.69. The zero-order chi connectivity index (χ0) is 13.8. The van der Waals surface area contributed by atoms with Crippen molar-refractivity contribution in [2.24, 2.45) is 0 Å². The van der Waals surface area contributed by atoms with Crippen LogP contribution in [0, 0.1) is 6.92 Å². The van der Waals surface area contributed by atoms with Crippen molar-refractivity contribution >= 4 is 5.97 Å². The average molecular weight is 261 g/mol. The SMILES string of the molecule is CCOC(=O)C(C)c1nc(-c2cc(C)ccn2)no1. The van der Waals surface area contributed by atoms with Crippen molar-refractivity contribution in [3.8, 4) is 11.5 Å². The second-order valence-corrected chi connectivity index (χ2v) is 4.15. The van der Waals surface area contributed by atoms with Crippen molar-refractivity contribution in [3.63, 3.8) is 0 Å². The Morgan fingerprint density at radius 2 is 2.32 bits per heavy atom. The van der Waals surface area contributed by atoms with Gasteiger partial charge in [-0.05, 0) is 38.5 Å². The molecule has 6 heteroatoms. The molecule has 19 heavy (non-hydrogen) atoms. The van der Waals surface area contributed by atoms with Crippen LogP contribution in [0.2, 0.25) is 0 Å². The number of carbonyl (C=O) groups excluding carboxylic acids is 1. The van der Waals surface area contributed by atoms with Crippen LogP contribution in [0.3, 0.4) is 0 Å². The molecule has 0 radical (unpaired) electrons. The summed E-state index contributed by atoms with van der Waals surface area (Å²) in [6, 6.07) is 3.73. The highest BCUT2D eigenvalue weighted by Gasteiger charge is 2.23. The van der Waals surface area contributed by atoms with E-state index in [1.165, 1.54) is 0 Å². The van der Waals surface area contributed by atoms with E-state index < -0.39 is 5.92 Å². The number of hydrogen-bond donors (Lipinski definition) is 0. The molecule has 0 spiro atoms. The molecule has 0 aliphatic heterocycles. The van der Waals surface area contributed by atoms with E-state index in [-0.39, 0.29) is 11.9 Å². The lowest BCUT2D eigenvalue weighted by atomic mass is 10.2. The molecule has 0 amide bonds. The molecule has 0 aliphatic rings. The van der Waals surface area contributed by atoms with Gasteiger partial charge in [0.1, 0.15) is 11.6 Å². The smallest absolute Gasteiger partial charge is 0.318 e. The summed E-state index contributed by atoms with van der Waals surface area (Å²) >= 11 is 0. The highest BCUT2D eigenvalue weighted by molar-refractivity contribution is 5.76. The first kappa shape index (κ1) is 13.2. The van der Waals surface area contributed by atoms with Gasteiger partial charge in [0.2, 0.25) is 11.7 Å². The Morgan fingerprint density at radius 1 is 1.53 bits per heavy atom. The fourth-order valence-corrected chi connectivity index (χ4v) is 1.54. The number of pyridine rings is 1. The van der Waals surface area contributed by atoms with Crippen LogP contribution in [0.15, 0.2) is 22.9 Å². The van der Waals surface area contributed by atoms with Crippen LogP contribution in [0.25, 0.3) is 11.5 Å². The molecule has 6 nitrogen and oxygen atoms in total. The molecule has 2 aromatic rings. The third-order valence-corrected chi connectivity index (χ3v) is 2.60. The third kappa shape index (κ3) is 2.96. The van der Waals surface area contributed by atoms with Crippen LogP contribution in [-0.4, -0.2) is 27.7 Å². The highest BCUT2D eigenvalue weighted by atomic mass is 16.5. The molecule has 2 aromatic heterocycles. The van der Waals surface area contributed by atoms with Gasteiger partial charge in [-0.25, -0.2) is 0 Å². The summed E-state index contributed by atoms with van der Waals surface area (Å²) in [6.07, 6.45) is 1.68. The lowest BCUT2D eigenvalue weighted by Crippen LogP contribution is -2.13. The summed E-state index contributed by atoms with van der Waals surface area (Å²) in [5, 5.41) is 3.83. The largest absolute Gasteiger partial charge is 0.465 e. The van der Waals surface area contributed by atoms with Gasteiger partial charge in [0.05, 0.1) is 6.61 Å². The van der Waals surface area contributed by atoms with E-state index in [1.54, 1.807) is 20.0 Å². The van der Waals surface area contributed by atoms with Gasteiger partial charge < -0.3 is 9.26 Å². The van der Waals surface area contributed by atoms with E-state index in [2.05, 4.69) is 15.1 Å². The monoisotopic (exact) mass is 261 g/mol. The van der Waals surface area contributed by atoms with Gasteiger partial charge in [-0.15, -0.1) is 0 Å². The van der Waals surface area contributed by atoms with Crippen LogP contribution in [-0.2, 0) is 9.53 Å². The number of esters is 1. The van der Waals surface area contributed by atoms with Gasteiger partial charge in [-0.3, -0.25) is 9.78 Å². The molecular formula is C13H15N3O3. The minimum absolute atomic E-state index is 0.233. The number of hydrogen-bond acceptors (Lipinski definition) is 6. The van der Waals surface area contributed by atoms with Gasteiger partial charge in [-0.1, -0.05) is 5.16 Å². The first-order chi connectivity index (χ1) is 9.11. The summed E-state index contributed by atoms with van der Waals surface area (Å²) < 4.78 is 10.00. The number of aryl methyl sites for hydroxylation is 1. The second kappa shape index (κ2) is 5.60. The molecular weight excluding hydrogens is 246 g/mol. The molecule has 0 fully saturated rings. The second-order valence-electron chi connectivity index (χ2n) is 4.15. The van der Waals surface area contributed by atoms with Gasteiger partial charge in [0.15, 0.2) is 0 Å². The summed E-state index contributed by atoms with van der Waals surface area (Å²) in [7, 11) is 0. The minimum atomic E-state index is -0.578. The van der Waals surface area contributed by atoms with E-state index in [1.807, 2.05) is 19.1 Å². The zero-order valence-electron chi connectivity index (χ0n) is 11.1. The first-order valence-electron chi connectivity index (χ1n) is 6.05. The van der Waals surface area contributed by atoms with Gasteiger partial charge >= 0.3 is 5.97 Å². The van der Waals surface area contributed by atoms with Crippen molar-refractivity contribution in [2.75, 3.05) is 6.61 Å². The van der Waals surface area contributed by atoms with E-state index >= 15 is 0 Å². The molecule has 0 N–H and O–H groups in total. The van der Waals surface area contributed by atoms with Gasteiger partial charge in [0, 0.05) is 6.20 Å². The van der Waals surface area contributed by atoms with E-state index in [9.17, 15) is 4.79 Å². The Bertz CT molecular complexity index is 580. The number of ether oxygens (including phenoxy) is 1. The minimum Gasteiger partial charge on any atom is -0.465 e. The highest BCUT2D eigenvalue weighted by Crippen LogP contribution is 2.19. The fraction of sp³-hybridized carbons (Fsp3) is 0.385. The summed E-state index contributed by atoms with van der Waals surface area (Å²) in [5.41, 5.74) is 1.67. The lowest BCUT2D eigenvalue weighted by Gasteiger charge is -2.04. The Labute approximate surface area is 110 Å². The number of nitrogens with zero attached hydrogens (tertiary/aromatic N) is 3. The van der Waals surface area contributed by atoms with Crippen LogP contribution in [0.5, 0.6) is 0 Å². The Hall–Kier alpha value is -2.24. The van der Waals surface area contributed by atoms with E-state index in [0.717, 1.165) is 5.56 Å². The molecule has 0 aliphatic carbocycles. The predicted molar refractivity (Wildman–Crippen MR) is 67.3 cm³/mol. The fourth-order valence-electron chi connectivity index (χ4n) is 1.54. The maximum absolute atomic E-state index is 11.6. The van der Waals surface area contributed by atoms with Crippen LogP contribution >= 0.6 is 0 Å². The molecule has 0 saturated heterocycles. The quantitative estimate of drug-likeness (QED) is 0.784. The average Bonchev–Trinajstić information content (AvgIpc) is 2.87. The van der Waals surface area contributed by atoms with Crippen molar-refractivity contribution in [2.45, 2.75) is 26.7 Å². The topological polar surface area (TPSA) is 78.1 Å². The molecule has 1 atom stereocenters. The van der Waals surface area contributed by atoms with Crippen molar-refractivity contribution in [1.82, 2.24) is 15.1 Å². The van der Waals surface area contributed by atoms with E-state index in [0.29, 0.717) is 18.1 Å². The molecule has 0 aromatic carbocycles. The molecule has 100 valence electrons. The normalized spacial score (nSPS) is 12.2. The number of rotatable bonds is 4. The molecule has 2 heterocycles. The summed E-state index contributed by atoms with van der Waals surface area (Å²) in [4.78, 5) is 19.9. The van der Waals surface area contributed by atoms with Gasteiger partial charge in [0.25, 0.3) is 0 Å². The molecule has 0 saturated carbocycles. The standard InChI is InChI=1S/C13H15N3O3/c1-4-18-13(17)9(3)12-15-11(16-19-12)10-7-8(2)5-6-14-10/h5-7,9H,4H2,1-3H3. The first-order valence-corrected chi connectivity index (χ1v) is 6.05. The zero-order valence-corrected chi connectivity index (χ0v) is 11.1. The summed E-state index contributed by atoms with van der Waals surface area (Å²) in [5.74, 6) is -0.354. The molecule has 1 unspecified atom stereocenters. The van der Waals surface area contributed by atoms with Crippen molar-refractivity contribution < 1.29 is 14.1 Å². The van der Waals surface area contributed by atoms with Crippen LogP contribution in [0.4, 0.5) is 0 Å². The number of aromatic nitrogens is 3. The maximum Gasteiger partial charge on any atom is 0.318 e. The maximum atomic E-state index is 11.6. The van der Waals surface area contributed by atoms with E-state index in [4.69, 9.17) is 9.26 Å². The van der Waals surface area contributed by atoms with Crippen LogP contribution < -0.4 is 0 Å². The Kier molecular flexibility index (Phi) is 3.89. The van der Waals surface area contributed by atoms with Crippen molar-refractivity contribution in [3.05, 3.63) is 29.8 Å². The molecule has 0 bridgehead atoms. The Morgan fingerprint density at radius 3 is 3.00 bits per heavy atom. The van der Waals surface area contributed by atoms with Crippen molar-refractivity contribution in [1.29, 1.82) is 0 Å². The Balaban J connectivity index is 2.21.